The van der Waals surface area contributed by atoms with E-state index in [1.807, 2.05) is 29.2 Å². The molecule has 0 saturated carbocycles. The summed E-state index contributed by atoms with van der Waals surface area (Å²) in [4.78, 5) is 14.4. The minimum atomic E-state index is 0.114. The first-order valence-corrected chi connectivity index (χ1v) is 8.39. The maximum absolute atomic E-state index is 12.5. The van der Waals surface area contributed by atoms with Crippen molar-refractivity contribution in [2.45, 2.75) is 45.6 Å². The zero-order valence-electron chi connectivity index (χ0n) is 13.8. The Morgan fingerprint density at radius 2 is 1.95 bits per heavy atom. The fraction of sp³-hybridized carbons (Fsp3) is 0.611. The van der Waals surface area contributed by atoms with Gasteiger partial charge in [0.05, 0.1) is 6.61 Å². The highest BCUT2D eigenvalue weighted by Crippen LogP contribution is 2.22. The van der Waals surface area contributed by atoms with Gasteiger partial charge in [-0.3, -0.25) is 4.79 Å². The van der Waals surface area contributed by atoms with E-state index in [0.717, 1.165) is 56.7 Å². The molecule has 1 heterocycles. The van der Waals surface area contributed by atoms with Crippen LogP contribution >= 0.6 is 0 Å². The van der Waals surface area contributed by atoms with E-state index in [9.17, 15) is 4.79 Å². The van der Waals surface area contributed by atoms with Crippen molar-refractivity contribution >= 4 is 5.91 Å². The Morgan fingerprint density at radius 3 is 2.50 bits per heavy atom. The molecule has 0 spiro atoms. The summed E-state index contributed by atoms with van der Waals surface area (Å²) in [5, 5.41) is 0. The number of hydrogen-bond donors (Lipinski definition) is 1. The molecule has 2 rings (SSSR count). The number of carbonyl (C=O) groups is 1. The first-order chi connectivity index (χ1) is 10.6. The van der Waals surface area contributed by atoms with Crippen molar-refractivity contribution in [3.05, 3.63) is 29.8 Å². The summed E-state index contributed by atoms with van der Waals surface area (Å²) >= 11 is 0. The summed E-state index contributed by atoms with van der Waals surface area (Å²) < 4.78 is 5.63. The molecule has 1 fully saturated rings. The van der Waals surface area contributed by atoms with Crippen LogP contribution in [0.15, 0.2) is 24.3 Å². The third-order valence-corrected chi connectivity index (χ3v) is 4.44. The zero-order chi connectivity index (χ0) is 15.9. The highest BCUT2D eigenvalue weighted by Gasteiger charge is 2.25. The average Bonchev–Trinajstić information content (AvgIpc) is 2.55. The molecule has 0 radical (unpaired) electrons. The van der Waals surface area contributed by atoms with Crippen molar-refractivity contribution < 1.29 is 9.53 Å². The monoisotopic (exact) mass is 304 g/mol. The summed E-state index contributed by atoms with van der Waals surface area (Å²) in [6, 6.07) is 7.72. The molecule has 1 aliphatic rings. The molecule has 1 aliphatic heterocycles. The van der Waals surface area contributed by atoms with E-state index in [4.69, 9.17) is 10.5 Å². The van der Waals surface area contributed by atoms with Gasteiger partial charge in [0.25, 0.3) is 5.91 Å². The Kier molecular flexibility index (Phi) is 6.25. The second-order valence-corrected chi connectivity index (χ2v) is 6.22. The van der Waals surface area contributed by atoms with Crippen molar-refractivity contribution in [1.82, 2.24) is 4.90 Å². The van der Waals surface area contributed by atoms with Crippen molar-refractivity contribution in [3.8, 4) is 5.75 Å². The molecular formula is C18H28N2O2. The van der Waals surface area contributed by atoms with Gasteiger partial charge in [0, 0.05) is 24.7 Å². The molecule has 0 aliphatic carbocycles. The third kappa shape index (κ3) is 4.47. The molecule has 4 heteroatoms. The van der Waals surface area contributed by atoms with E-state index in [1.54, 1.807) is 0 Å². The van der Waals surface area contributed by atoms with Gasteiger partial charge in [-0.1, -0.05) is 13.3 Å². The fourth-order valence-electron chi connectivity index (χ4n) is 2.84. The Hall–Kier alpha value is -1.55. The maximum atomic E-state index is 12.5. The topological polar surface area (TPSA) is 55.6 Å². The quantitative estimate of drug-likeness (QED) is 0.822. The largest absolute Gasteiger partial charge is 0.494 e. The van der Waals surface area contributed by atoms with Crippen LogP contribution in [0.1, 0.15) is 49.9 Å². The molecule has 1 atom stereocenters. The zero-order valence-corrected chi connectivity index (χ0v) is 13.8. The Labute approximate surface area is 133 Å². The van der Waals surface area contributed by atoms with Crippen LogP contribution in [0.3, 0.4) is 0 Å². The van der Waals surface area contributed by atoms with Crippen LogP contribution < -0.4 is 10.5 Å². The lowest BCUT2D eigenvalue weighted by atomic mass is 9.90. The number of likely N-dealkylation sites (tertiary alicyclic amines) is 1. The number of nitrogens with two attached hydrogens (primary N) is 1. The van der Waals surface area contributed by atoms with Gasteiger partial charge in [0.1, 0.15) is 5.75 Å². The van der Waals surface area contributed by atoms with Crippen molar-refractivity contribution in [3.63, 3.8) is 0 Å². The van der Waals surface area contributed by atoms with Crippen LogP contribution in [0, 0.1) is 5.92 Å². The van der Waals surface area contributed by atoms with Gasteiger partial charge >= 0.3 is 0 Å². The van der Waals surface area contributed by atoms with Crippen molar-refractivity contribution in [2.24, 2.45) is 11.7 Å². The van der Waals surface area contributed by atoms with Crippen LogP contribution in [0.5, 0.6) is 5.75 Å². The van der Waals surface area contributed by atoms with E-state index >= 15 is 0 Å². The molecule has 1 aromatic carbocycles. The molecule has 1 unspecified atom stereocenters. The average molecular weight is 304 g/mol. The Morgan fingerprint density at radius 1 is 1.32 bits per heavy atom. The number of hydrogen-bond acceptors (Lipinski definition) is 3. The van der Waals surface area contributed by atoms with Gasteiger partial charge in [0.2, 0.25) is 0 Å². The van der Waals surface area contributed by atoms with Crippen LogP contribution in [0.25, 0.3) is 0 Å². The molecule has 0 bridgehead atoms. The van der Waals surface area contributed by atoms with Gasteiger partial charge in [0.15, 0.2) is 0 Å². The first-order valence-electron chi connectivity index (χ1n) is 8.39. The highest BCUT2D eigenvalue weighted by atomic mass is 16.5. The summed E-state index contributed by atoms with van der Waals surface area (Å²) in [7, 11) is 0. The summed E-state index contributed by atoms with van der Waals surface area (Å²) in [6.07, 6.45) is 4.17. The minimum Gasteiger partial charge on any atom is -0.494 e. The molecule has 0 aromatic heterocycles. The molecule has 122 valence electrons. The van der Waals surface area contributed by atoms with Gasteiger partial charge in [-0.25, -0.2) is 0 Å². The number of unbranched alkanes of at least 4 members (excludes halogenated alkanes) is 1. The molecular weight excluding hydrogens is 276 g/mol. The van der Waals surface area contributed by atoms with Crippen molar-refractivity contribution in [2.75, 3.05) is 19.7 Å². The van der Waals surface area contributed by atoms with Crippen LogP contribution in [-0.2, 0) is 0 Å². The van der Waals surface area contributed by atoms with Crippen LogP contribution in [0.4, 0.5) is 0 Å². The lowest BCUT2D eigenvalue weighted by Crippen LogP contribution is -2.42. The van der Waals surface area contributed by atoms with Gasteiger partial charge in [-0.15, -0.1) is 0 Å². The number of benzene rings is 1. The summed E-state index contributed by atoms with van der Waals surface area (Å²) in [6.45, 7) is 6.54. The van der Waals surface area contributed by atoms with E-state index in [0.29, 0.717) is 5.92 Å². The maximum Gasteiger partial charge on any atom is 0.253 e. The highest BCUT2D eigenvalue weighted by molar-refractivity contribution is 5.94. The number of nitrogens with zero attached hydrogens (tertiary/aromatic N) is 1. The third-order valence-electron chi connectivity index (χ3n) is 4.44. The second kappa shape index (κ2) is 8.18. The lowest BCUT2D eigenvalue weighted by molar-refractivity contribution is 0.0681. The predicted molar refractivity (Wildman–Crippen MR) is 89.1 cm³/mol. The minimum absolute atomic E-state index is 0.114. The number of ether oxygens (including phenoxy) is 1. The van der Waals surface area contributed by atoms with Crippen LogP contribution in [0.2, 0.25) is 0 Å². The van der Waals surface area contributed by atoms with E-state index < -0.39 is 0 Å². The van der Waals surface area contributed by atoms with E-state index in [1.165, 1.54) is 0 Å². The number of piperidine rings is 1. The van der Waals surface area contributed by atoms with E-state index in [2.05, 4.69) is 13.8 Å². The Balaban J connectivity index is 1.87. The molecule has 2 N–H and O–H groups in total. The molecule has 4 nitrogen and oxygen atoms in total. The molecule has 1 saturated heterocycles. The smallest absolute Gasteiger partial charge is 0.253 e. The second-order valence-electron chi connectivity index (χ2n) is 6.22. The molecule has 1 aromatic rings. The molecule has 1 amide bonds. The molecule has 22 heavy (non-hydrogen) atoms. The Bertz CT molecular complexity index is 462. The predicted octanol–water partition coefficient (Wildman–Crippen LogP) is 3.06. The summed E-state index contributed by atoms with van der Waals surface area (Å²) in [5.74, 6) is 1.49. The fourth-order valence-corrected chi connectivity index (χ4v) is 2.84. The lowest BCUT2D eigenvalue weighted by Gasteiger charge is -2.33. The van der Waals surface area contributed by atoms with Gasteiger partial charge in [-0.05, 0) is 56.4 Å². The van der Waals surface area contributed by atoms with Gasteiger partial charge in [-0.2, -0.15) is 0 Å². The standard InChI is InChI=1S/C18H28N2O2/c1-3-4-13-22-17-7-5-16(6-8-17)18(21)20-11-9-15(10-12-20)14(2)19/h5-8,14-15H,3-4,9-13,19H2,1-2H3. The summed E-state index contributed by atoms with van der Waals surface area (Å²) in [5.41, 5.74) is 6.69. The van der Waals surface area contributed by atoms with Crippen molar-refractivity contribution in [1.29, 1.82) is 0 Å². The number of rotatable bonds is 6. The van der Waals surface area contributed by atoms with Gasteiger partial charge < -0.3 is 15.4 Å². The van der Waals surface area contributed by atoms with E-state index in [-0.39, 0.29) is 11.9 Å². The normalized spacial score (nSPS) is 17.3. The first kappa shape index (κ1) is 16.8. The number of amides is 1. The SMILES string of the molecule is CCCCOc1ccc(C(=O)N2CCC(C(C)N)CC2)cc1. The van der Waals surface area contributed by atoms with Crippen LogP contribution in [-0.4, -0.2) is 36.5 Å². The number of carbonyl (C=O) groups excluding carboxylic acids is 1.